The van der Waals surface area contributed by atoms with Crippen molar-refractivity contribution in [3.63, 3.8) is 0 Å². The van der Waals surface area contributed by atoms with Crippen molar-refractivity contribution >= 4 is 17.6 Å². The fraction of sp³-hybridized carbons (Fsp3) is 0.0714. The second-order valence-corrected chi connectivity index (χ2v) is 4.42. The first-order valence-corrected chi connectivity index (χ1v) is 6.03. The van der Waals surface area contributed by atoms with Crippen LogP contribution < -0.4 is 11.1 Å². The molecule has 2 rings (SSSR count). The minimum absolute atomic E-state index is 0.0853. The van der Waals surface area contributed by atoms with E-state index in [2.05, 4.69) is 10.3 Å². The van der Waals surface area contributed by atoms with E-state index in [0.29, 0.717) is 17.7 Å². The molecule has 114 valence electrons. The number of aromatic nitrogens is 1. The Kier molecular flexibility index (Phi) is 4.11. The number of pyridine rings is 1. The maximum Gasteiger partial charge on any atom is 0.267 e. The Morgan fingerprint density at radius 1 is 1.14 bits per heavy atom. The van der Waals surface area contributed by atoms with Crippen LogP contribution in [-0.2, 0) is 0 Å². The average Bonchev–Trinajstić information content (AvgIpc) is 2.39. The third-order valence-corrected chi connectivity index (χ3v) is 2.81. The number of primary amides is 1. The minimum atomic E-state index is -1.35. The highest BCUT2D eigenvalue weighted by atomic mass is 19.1. The molecule has 2 amide bonds. The highest BCUT2D eigenvalue weighted by Gasteiger charge is 2.20. The first kappa shape index (κ1) is 15.5. The van der Waals surface area contributed by atoms with Crippen LogP contribution in [0.15, 0.2) is 24.3 Å². The summed E-state index contributed by atoms with van der Waals surface area (Å²) < 4.78 is 39.8. The Bertz CT molecular complexity index is 755. The molecule has 5 nitrogen and oxygen atoms in total. The van der Waals surface area contributed by atoms with Crippen molar-refractivity contribution in [2.75, 3.05) is 5.32 Å². The Morgan fingerprint density at radius 2 is 1.73 bits per heavy atom. The highest BCUT2D eigenvalue weighted by Crippen LogP contribution is 2.17. The molecule has 22 heavy (non-hydrogen) atoms. The molecule has 0 aliphatic carbocycles. The molecule has 0 bridgehead atoms. The molecule has 1 aromatic heterocycles. The molecule has 0 unspecified atom stereocenters. The zero-order valence-corrected chi connectivity index (χ0v) is 11.3. The Hall–Kier alpha value is -2.90. The van der Waals surface area contributed by atoms with Crippen molar-refractivity contribution in [3.8, 4) is 0 Å². The maximum absolute atomic E-state index is 13.5. The lowest BCUT2D eigenvalue weighted by Crippen LogP contribution is -2.20. The van der Waals surface area contributed by atoms with E-state index >= 15 is 0 Å². The summed E-state index contributed by atoms with van der Waals surface area (Å²) in [5, 5.41) is 2.12. The van der Waals surface area contributed by atoms with Gasteiger partial charge in [-0.3, -0.25) is 9.59 Å². The number of aryl methyl sites for hydroxylation is 1. The zero-order chi connectivity index (χ0) is 16.4. The molecule has 0 saturated carbocycles. The molecule has 0 spiro atoms. The van der Waals surface area contributed by atoms with Gasteiger partial charge in [0.2, 0.25) is 0 Å². The van der Waals surface area contributed by atoms with Gasteiger partial charge in [-0.2, -0.15) is 0 Å². The number of halogens is 3. The Balaban J connectivity index is 2.34. The molecule has 8 heteroatoms. The summed E-state index contributed by atoms with van der Waals surface area (Å²) in [6.45, 7) is 1.58. The molecule has 0 atom stereocenters. The van der Waals surface area contributed by atoms with Gasteiger partial charge in [-0.1, -0.05) is 6.07 Å². The van der Waals surface area contributed by atoms with Gasteiger partial charge in [0.25, 0.3) is 11.8 Å². The number of anilines is 1. The predicted molar refractivity (Wildman–Crippen MR) is 71.8 cm³/mol. The van der Waals surface area contributed by atoms with Crippen molar-refractivity contribution in [2.45, 2.75) is 6.92 Å². The van der Waals surface area contributed by atoms with Crippen LogP contribution in [0, 0.1) is 24.4 Å². The van der Waals surface area contributed by atoms with Crippen LogP contribution >= 0.6 is 0 Å². The van der Waals surface area contributed by atoms with E-state index in [0.717, 1.165) is 0 Å². The fourth-order valence-electron chi connectivity index (χ4n) is 1.79. The Labute approximate surface area is 123 Å². The molecular formula is C14H10F3N3O2. The minimum Gasteiger partial charge on any atom is -0.364 e. The smallest absolute Gasteiger partial charge is 0.267 e. The van der Waals surface area contributed by atoms with E-state index < -0.39 is 34.8 Å². The number of nitrogens with zero attached hydrogens (tertiary/aromatic N) is 1. The number of amides is 2. The molecule has 0 saturated heterocycles. The molecule has 1 aromatic carbocycles. The summed E-state index contributed by atoms with van der Waals surface area (Å²) in [6, 6.07) is 3.56. The van der Waals surface area contributed by atoms with Crippen molar-refractivity contribution < 1.29 is 22.8 Å². The number of carbonyl (C=O) groups excluding carboxylic acids is 2. The molecule has 3 N–H and O–H groups in total. The van der Waals surface area contributed by atoms with Gasteiger partial charge in [0, 0.05) is 12.1 Å². The lowest BCUT2D eigenvalue weighted by molar-refractivity contribution is 0.0989. The van der Waals surface area contributed by atoms with Gasteiger partial charge in [-0.25, -0.2) is 18.2 Å². The van der Waals surface area contributed by atoms with Crippen LogP contribution in [0.4, 0.5) is 19.0 Å². The third-order valence-electron chi connectivity index (χ3n) is 2.81. The largest absolute Gasteiger partial charge is 0.364 e. The lowest BCUT2D eigenvalue weighted by atomic mass is 10.1. The number of hydrogen-bond donors (Lipinski definition) is 2. The molecule has 0 aliphatic rings. The van der Waals surface area contributed by atoms with Crippen molar-refractivity contribution in [3.05, 3.63) is 58.5 Å². The number of nitrogens with two attached hydrogens (primary N) is 1. The van der Waals surface area contributed by atoms with Crippen molar-refractivity contribution in [1.82, 2.24) is 4.98 Å². The van der Waals surface area contributed by atoms with Crippen molar-refractivity contribution in [2.24, 2.45) is 5.73 Å². The second-order valence-electron chi connectivity index (χ2n) is 4.42. The van der Waals surface area contributed by atoms with Gasteiger partial charge < -0.3 is 11.1 Å². The summed E-state index contributed by atoms with van der Waals surface area (Å²) in [4.78, 5) is 26.8. The predicted octanol–water partition coefficient (Wildman–Crippen LogP) is 2.16. The van der Waals surface area contributed by atoms with Gasteiger partial charge in [-0.15, -0.1) is 0 Å². The monoisotopic (exact) mass is 309 g/mol. The van der Waals surface area contributed by atoms with Crippen LogP contribution in [-0.4, -0.2) is 16.8 Å². The Morgan fingerprint density at radius 3 is 2.27 bits per heavy atom. The molecule has 0 radical (unpaired) electrons. The first-order valence-electron chi connectivity index (χ1n) is 6.03. The standard InChI is InChI=1S/C14H10F3N3O2/c1-6-2-3-10(19-12(6)13(18)21)20-14(22)11-8(16)4-7(15)5-9(11)17/h2-5H,1H3,(H2,18,21)(H,19,20,22). The number of hydrogen-bond acceptors (Lipinski definition) is 3. The van der Waals surface area contributed by atoms with Gasteiger partial charge in [0.1, 0.15) is 34.5 Å². The summed E-state index contributed by atoms with van der Waals surface area (Å²) in [5.41, 5.74) is 4.55. The summed E-state index contributed by atoms with van der Waals surface area (Å²) in [6.07, 6.45) is 0. The topological polar surface area (TPSA) is 85.1 Å². The molecule has 2 aromatic rings. The maximum atomic E-state index is 13.5. The van der Waals surface area contributed by atoms with Gasteiger partial charge in [0.05, 0.1) is 0 Å². The zero-order valence-electron chi connectivity index (χ0n) is 11.3. The van der Waals surface area contributed by atoms with E-state index in [1.807, 2.05) is 0 Å². The van der Waals surface area contributed by atoms with E-state index in [1.165, 1.54) is 12.1 Å². The number of carbonyl (C=O) groups is 2. The van der Waals surface area contributed by atoms with Crippen molar-refractivity contribution in [1.29, 1.82) is 0 Å². The van der Waals surface area contributed by atoms with Gasteiger partial charge in [-0.05, 0) is 18.6 Å². The lowest BCUT2D eigenvalue weighted by Gasteiger charge is -2.08. The summed E-state index contributed by atoms with van der Waals surface area (Å²) >= 11 is 0. The van der Waals surface area contributed by atoms with Gasteiger partial charge >= 0.3 is 0 Å². The SMILES string of the molecule is Cc1ccc(NC(=O)c2c(F)cc(F)cc2F)nc1C(N)=O. The highest BCUT2D eigenvalue weighted by molar-refractivity contribution is 6.04. The van der Waals surface area contributed by atoms with Gasteiger partial charge in [0.15, 0.2) is 0 Å². The second kappa shape index (κ2) is 5.84. The molecular weight excluding hydrogens is 299 g/mol. The van der Waals surface area contributed by atoms with Crippen LogP contribution in [0.1, 0.15) is 26.4 Å². The molecule has 0 fully saturated rings. The van der Waals surface area contributed by atoms with E-state index in [1.54, 1.807) is 6.92 Å². The first-order chi connectivity index (χ1) is 10.3. The number of nitrogens with one attached hydrogen (secondary N) is 1. The van der Waals surface area contributed by atoms with Crippen LogP contribution in [0.25, 0.3) is 0 Å². The normalized spacial score (nSPS) is 10.4. The van der Waals surface area contributed by atoms with E-state index in [9.17, 15) is 22.8 Å². The molecule has 0 aliphatic heterocycles. The average molecular weight is 309 g/mol. The third kappa shape index (κ3) is 3.05. The van der Waals surface area contributed by atoms with Crippen LogP contribution in [0.3, 0.4) is 0 Å². The number of benzene rings is 1. The fourth-order valence-corrected chi connectivity index (χ4v) is 1.79. The van der Waals surface area contributed by atoms with E-state index in [4.69, 9.17) is 5.73 Å². The summed E-state index contributed by atoms with van der Waals surface area (Å²) in [5.74, 6) is -5.94. The van der Waals surface area contributed by atoms with Crippen LogP contribution in [0.5, 0.6) is 0 Å². The molecule has 1 heterocycles. The number of rotatable bonds is 3. The van der Waals surface area contributed by atoms with E-state index in [-0.39, 0.29) is 11.5 Å². The summed E-state index contributed by atoms with van der Waals surface area (Å²) in [7, 11) is 0. The van der Waals surface area contributed by atoms with Crippen LogP contribution in [0.2, 0.25) is 0 Å². The quantitative estimate of drug-likeness (QED) is 0.911.